The Balaban J connectivity index is 3.00. The molecule has 0 radical (unpaired) electrons. The van der Waals surface area contributed by atoms with E-state index in [1.807, 2.05) is 19.9 Å². The monoisotopic (exact) mass is 232 g/mol. The molecule has 0 heterocycles. The summed E-state index contributed by atoms with van der Waals surface area (Å²) in [6.07, 6.45) is 0. The smallest absolute Gasteiger partial charge is 0.252 e. The number of benzene rings is 1. The number of carbonyl (C=O) groups is 1. The van der Waals surface area contributed by atoms with Gasteiger partial charge in [0, 0.05) is 5.56 Å². The molecular weight excluding hydrogens is 216 g/mol. The van der Waals surface area contributed by atoms with Crippen molar-refractivity contribution in [3.63, 3.8) is 0 Å². The molecular formula is C13H16N2O2. The summed E-state index contributed by atoms with van der Waals surface area (Å²) in [5, 5.41) is 10.9. The number of nitriles is 1. The summed E-state index contributed by atoms with van der Waals surface area (Å²) in [6, 6.07) is 7.14. The fourth-order valence-electron chi connectivity index (χ4n) is 1.55. The molecule has 1 aromatic carbocycles. The minimum atomic E-state index is -0.240. The van der Waals surface area contributed by atoms with Crippen molar-refractivity contribution >= 4 is 5.91 Å². The summed E-state index contributed by atoms with van der Waals surface area (Å²) in [6.45, 7) is 4.09. The first kappa shape index (κ1) is 13.0. The zero-order valence-electron chi connectivity index (χ0n) is 10.3. The molecule has 0 aliphatic rings. The van der Waals surface area contributed by atoms with E-state index in [9.17, 15) is 4.79 Å². The summed E-state index contributed by atoms with van der Waals surface area (Å²) in [4.78, 5) is 11.7. The van der Waals surface area contributed by atoms with Crippen molar-refractivity contribution in [3.05, 3.63) is 29.3 Å². The molecule has 1 aromatic rings. The van der Waals surface area contributed by atoms with Gasteiger partial charge in [-0.3, -0.25) is 4.79 Å². The van der Waals surface area contributed by atoms with Gasteiger partial charge in [-0.05, 0) is 29.7 Å². The summed E-state index contributed by atoms with van der Waals surface area (Å²) >= 11 is 0. The van der Waals surface area contributed by atoms with Crippen LogP contribution in [0.5, 0.6) is 5.75 Å². The molecule has 0 spiro atoms. The van der Waals surface area contributed by atoms with E-state index >= 15 is 0 Å². The first-order chi connectivity index (χ1) is 8.10. The maximum absolute atomic E-state index is 11.7. The number of carbonyl (C=O) groups excluding carboxylic acids is 1. The van der Waals surface area contributed by atoms with Crippen molar-refractivity contribution in [3.8, 4) is 11.8 Å². The largest absolute Gasteiger partial charge is 0.496 e. The van der Waals surface area contributed by atoms with Gasteiger partial charge in [-0.15, -0.1) is 0 Å². The van der Waals surface area contributed by atoms with E-state index in [4.69, 9.17) is 10.00 Å². The molecule has 1 amide bonds. The summed E-state index contributed by atoms with van der Waals surface area (Å²) in [5.41, 5.74) is 1.53. The number of hydrogen-bond donors (Lipinski definition) is 1. The number of methoxy groups -OCH3 is 1. The standard InChI is InChI=1S/C13H16N2O2/c1-9(2)11-8-10(4-5-12(11)17-3)13(16)15-7-6-14/h4-5,8-9H,7H2,1-3H3,(H,15,16). The van der Waals surface area contributed by atoms with Gasteiger partial charge < -0.3 is 10.1 Å². The van der Waals surface area contributed by atoms with Crippen LogP contribution in [0.2, 0.25) is 0 Å². The Morgan fingerprint density at radius 2 is 2.24 bits per heavy atom. The van der Waals surface area contributed by atoms with Gasteiger partial charge in [-0.25, -0.2) is 0 Å². The molecule has 4 nitrogen and oxygen atoms in total. The Morgan fingerprint density at radius 3 is 2.76 bits per heavy atom. The number of hydrogen-bond acceptors (Lipinski definition) is 3. The Kier molecular flexibility index (Phi) is 4.53. The van der Waals surface area contributed by atoms with Gasteiger partial charge in [-0.1, -0.05) is 13.8 Å². The molecule has 1 rings (SSSR count). The Hall–Kier alpha value is -2.02. The van der Waals surface area contributed by atoms with E-state index in [0.29, 0.717) is 5.56 Å². The SMILES string of the molecule is COc1ccc(C(=O)NCC#N)cc1C(C)C. The van der Waals surface area contributed by atoms with E-state index in [1.165, 1.54) is 0 Å². The Labute approximate surface area is 101 Å². The van der Waals surface area contributed by atoms with Crippen LogP contribution in [0.25, 0.3) is 0 Å². The van der Waals surface area contributed by atoms with E-state index in [2.05, 4.69) is 5.32 Å². The number of nitrogens with zero attached hydrogens (tertiary/aromatic N) is 1. The molecule has 0 atom stereocenters. The third kappa shape index (κ3) is 3.22. The van der Waals surface area contributed by atoms with Gasteiger partial charge in [0.2, 0.25) is 0 Å². The van der Waals surface area contributed by atoms with Crippen LogP contribution in [0.3, 0.4) is 0 Å². The molecule has 0 fully saturated rings. The molecule has 0 unspecified atom stereocenters. The predicted molar refractivity (Wildman–Crippen MR) is 65.0 cm³/mol. The first-order valence-electron chi connectivity index (χ1n) is 5.43. The lowest BCUT2D eigenvalue weighted by Crippen LogP contribution is -2.23. The molecule has 17 heavy (non-hydrogen) atoms. The van der Waals surface area contributed by atoms with Crippen molar-refractivity contribution in [2.45, 2.75) is 19.8 Å². The van der Waals surface area contributed by atoms with Crippen LogP contribution in [-0.4, -0.2) is 19.6 Å². The van der Waals surface area contributed by atoms with E-state index in [-0.39, 0.29) is 18.4 Å². The van der Waals surface area contributed by atoms with E-state index in [0.717, 1.165) is 11.3 Å². The molecule has 90 valence electrons. The van der Waals surface area contributed by atoms with Gasteiger partial charge in [-0.2, -0.15) is 5.26 Å². The Morgan fingerprint density at radius 1 is 1.53 bits per heavy atom. The molecule has 4 heteroatoms. The summed E-state index contributed by atoms with van der Waals surface area (Å²) < 4.78 is 5.24. The molecule has 0 saturated carbocycles. The molecule has 0 aliphatic carbocycles. The minimum Gasteiger partial charge on any atom is -0.496 e. The minimum absolute atomic E-state index is 0.0157. The zero-order chi connectivity index (χ0) is 12.8. The van der Waals surface area contributed by atoms with Crippen LogP contribution >= 0.6 is 0 Å². The fraction of sp³-hybridized carbons (Fsp3) is 0.385. The molecule has 0 aromatic heterocycles. The highest BCUT2D eigenvalue weighted by molar-refractivity contribution is 5.94. The number of nitrogens with one attached hydrogen (secondary N) is 1. The predicted octanol–water partition coefficient (Wildman–Crippen LogP) is 2.07. The third-order valence-corrected chi connectivity index (χ3v) is 2.44. The summed E-state index contributed by atoms with van der Waals surface area (Å²) in [5.74, 6) is 0.807. The first-order valence-corrected chi connectivity index (χ1v) is 5.43. The number of ether oxygens (including phenoxy) is 1. The molecule has 0 bridgehead atoms. The van der Waals surface area contributed by atoms with Crippen LogP contribution in [0.15, 0.2) is 18.2 Å². The molecule has 0 aliphatic heterocycles. The van der Waals surface area contributed by atoms with Crippen molar-refractivity contribution in [2.24, 2.45) is 0 Å². The van der Waals surface area contributed by atoms with Crippen molar-refractivity contribution in [2.75, 3.05) is 13.7 Å². The molecule has 0 saturated heterocycles. The maximum Gasteiger partial charge on any atom is 0.252 e. The maximum atomic E-state index is 11.7. The normalized spacial score (nSPS) is 9.82. The lowest BCUT2D eigenvalue weighted by molar-refractivity contribution is 0.0958. The third-order valence-electron chi connectivity index (χ3n) is 2.44. The van der Waals surface area contributed by atoms with Crippen molar-refractivity contribution in [1.82, 2.24) is 5.32 Å². The van der Waals surface area contributed by atoms with E-state index in [1.54, 1.807) is 25.3 Å². The average molecular weight is 232 g/mol. The highest BCUT2D eigenvalue weighted by Crippen LogP contribution is 2.27. The van der Waals surface area contributed by atoms with Crippen molar-refractivity contribution < 1.29 is 9.53 Å². The van der Waals surface area contributed by atoms with Crippen LogP contribution in [0.1, 0.15) is 35.7 Å². The van der Waals surface area contributed by atoms with Gasteiger partial charge in [0.05, 0.1) is 13.2 Å². The highest BCUT2D eigenvalue weighted by atomic mass is 16.5. The van der Waals surface area contributed by atoms with Crippen LogP contribution in [0, 0.1) is 11.3 Å². The van der Waals surface area contributed by atoms with Crippen molar-refractivity contribution in [1.29, 1.82) is 5.26 Å². The molecule has 1 N–H and O–H groups in total. The fourth-order valence-corrected chi connectivity index (χ4v) is 1.55. The lowest BCUT2D eigenvalue weighted by Gasteiger charge is -2.13. The van der Waals surface area contributed by atoms with Crippen LogP contribution in [0.4, 0.5) is 0 Å². The topological polar surface area (TPSA) is 62.1 Å². The second kappa shape index (κ2) is 5.90. The average Bonchev–Trinajstić information content (AvgIpc) is 2.34. The van der Waals surface area contributed by atoms with E-state index < -0.39 is 0 Å². The Bertz CT molecular complexity index is 447. The number of amides is 1. The quantitative estimate of drug-likeness (QED) is 0.808. The number of rotatable bonds is 4. The van der Waals surface area contributed by atoms with Crippen LogP contribution < -0.4 is 10.1 Å². The van der Waals surface area contributed by atoms with Gasteiger partial charge in [0.25, 0.3) is 5.91 Å². The van der Waals surface area contributed by atoms with Gasteiger partial charge >= 0.3 is 0 Å². The highest BCUT2D eigenvalue weighted by Gasteiger charge is 2.11. The zero-order valence-corrected chi connectivity index (χ0v) is 10.3. The van der Waals surface area contributed by atoms with Crippen LogP contribution in [-0.2, 0) is 0 Å². The second-order valence-corrected chi connectivity index (χ2v) is 3.95. The van der Waals surface area contributed by atoms with Gasteiger partial charge in [0.15, 0.2) is 0 Å². The second-order valence-electron chi connectivity index (χ2n) is 3.95. The van der Waals surface area contributed by atoms with Gasteiger partial charge in [0.1, 0.15) is 12.3 Å². The lowest BCUT2D eigenvalue weighted by atomic mass is 9.99. The summed E-state index contributed by atoms with van der Waals surface area (Å²) in [7, 11) is 1.61.